The molecule has 5 rings (SSSR count). The lowest BCUT2D eigenvalue weighted by Crippen LogP contribution is -2.21. The van der Waals surface area contributed by atoms with Crippen LogP contribution in [0, 0.1) is 0 Å². The molecule has 0 saturated carbocycles. The van der Waals surface area contributed by atoms with Crippen LogP contribution in [0.1, 0.15) is 42.4 Å². The first-order valence-corrected chi connectivity index (χ1v) is 13.7. The second-order valence-corrected chi connectivity index (χ2v) is 10.0. The Labute approximate surface area is 232 Å². The highest BCUT2D eigenvalue weighted by atomic mass is 19.4. The molecule has 216 valence electrons. The fourth-order valence-corrected chi connectivity index (χ4v) is 5.24. The lowest BCUT2D eigenvalue weighted by molar-refractivity contribution is -0.192. The summed E-state index contributed by atoms with van der Waals surface area (Å²) in [5, 5.41) is 12.0. The van der Waals surface area contributed by atoms with Crippen molar-refractivity contribution in [2.75, 3.05) is 45.2 Å². The largest absolute Gasteiger partial charge is 0.493 e. The topological polar surface area (TPSA) is 83.9 Å². The number of aryl methyl sites for hydroxylation is 1. The predicted molar refractivity (Wildman–Crippen MR) is 148 cm³/mol. The summed E-state index contributed by atoms with van der Waals surface area (Å²) in [4.78, 5) is 16.5. The highest BCUT2D eigenvalue weighted by Gasteiger charge is 2.38. The number of aromatic nitrogens is 1. The number of carboxylic acid groups (broad SMARTS) is 1. The highest BCUT2D eigenvalue weighted by molar-refractivity contribution is 5.89. The van der Waals surface area contributed by atoms with E-state index in [2.05, 4.69) is 52.7 Å². The number of hydrogen-bond acceptors (Lipinski definition) is 6. The van der Waals surface area contributed by atoms with Crippen molar-refractivity contribution in [3.05, 3.63) is 59.2 Å². The number of methoxy groups -OCH3 is 1. The number of hydrogen-bond donors (Lipinski definition) is 2. The molecule has 1 aromatic heterocycles. The van der Waals surface area contributed by atoms with Gasteiger partial charge in [0.1, 0.15) is 5.82 Å². The quantitative estimate of drug-likeness (QED) is 0.300. The molecule has 0 bridgehead atoms. The molecule has 1 aliphatic carbocycles. The third kappa shape index (κ3) is 7.78. The third-order valence-corrected chi connectivity index (χ3v) is 7.21. The Morgan fingerprint density at radius 3 is 2.42 bits per heavy atom. The minimum atomic E-state index is -5.08. The zero-order valence-corrected chi connectivity index (χ0v) is 22.7. The summed E-state index contributed by atoms with van der Waals surface area (Å²) in [7, 11) is 1.73. The molecule has 3 aromatic rings. The Balaban J connectivity index is 0.000000470. The summed E-state index contributed by atoms with van der Waals surface area (Å²) in [5.74, 6) is -0.111. The van der Waals surface area contributed by atoms with Gasteiger partial charge >= 0.3 is 12.1 Å². The number of halogens is 3. The van der Waals surface area contributed by atoms with Gasteiger partial charge in [0.05, 0.1) is 19.2 Å². The maximum Gasteiger partial charge on any atom is 0.490 e. The van der Waals surface area contributed by atoms with E-state index in [0.717, 1.165) is 61.6 Å². The van der Waals surface area contributed by atoms with E-state index in [0.29, 0.717) is 6.61 Å². The van der Waals surface area contributed by atoms with Crippen LogP contribution in [-0.4, -0.2) is 67.0 Å². The summed E-state index contributed by atoms with van der Waals surface area (Å²) < 4.78 is 43.6. The fraction of sp³-hybridized carbons (Fsp3) is 0.467. The van der Waals surface area contributed by atoms with Crippen LogP contribution in [0.25, 0.3) is 10.9 Å². The number of aliphatic carboxylic acids is 1. The van der Waals surface area contributed by atoms with E-state index in [1.165, 1.54) is 54.4 Å². The van der Waals surface area contributed by atoms with Gasteiger partial charge in [0.15, 0.2) is 11.5 Å². The van der Waals surface area contributed by atoms with Gasteiger partial charge in [0.2, 0.25) is 0 Å². The van der Waals surface area contributed by atoms with Gasteiger partial charge in [0, 0.05) is 24.5 Å². The average Bonchev–Trinajstić information content (AvgIpc) is 3.64. The molecule has 10 heteroatoms. The summed E-state index contributed by atoms with van der Waals surface area (Å²) in [6.45, 7) is 5.15. The normalized spacial score (nSPS) is 14.9. The maximum absolute atomic E-state index is 10.6. The van der Waals surface area contributed by atoms with Gasteiger partial charge in [-0.25, -0.2) is 9.78 Å². The van der Waals surface area contributed by atoms with Crippen molar-refractivity contribution in [3.8, 4) is 11.5 Å². The van der Waals surface area contributed by atoms with E-state index >= 15 is 0 Å². The lowest BCUT2D eigenvalue weighted by atomic mass is 10.0. The van der Waals surface area contributed by atoms with Gasteiger partial charge in [0.25, 0.3) is 0 Å². The Bertz CT molecular complexity index is 1280. The molecule has 1 aliphatic heterocycles. The van der Waals surface area contributed by atoms with Crippen LogP contribution in [0.4, 0.5) is 19.0 Å². The molecule has 2 N–H and O–H groups in total. The molecule has 2 heterocycles. The number of anilines is 1. The number of carbonyl (C=O) groups is 1. The number of carboxylic acids is 1. The van der Waals surface area contributed by atoms with Gasteiger partial charge in [-0.2, -0.15) is 13.2 Å². The highest BCUT2D eigenvalue weighted by Crippen LogP contribution is 2.39. The van der Waals surface area contributed by atoms with Crippen molar-refractivity contribution in [2.45, 2.75) is 51.1 Å². The van der Waals surface area contributed by atoms with E-state index in [-0.39, 0.29) is 0 Å². The van der Waals surface area contributed by atoms with E-state index in [4.69, 9.17) is 24.4 Å². The maximum atomic E-state index is 10.6. The van der Waals surface area contributed by atoms with Crippen molar-refractivity contribution in [1.82, 2.24) is 9.88 Å². The van der Waals surface area contributed by atoms with Crippen LogP contribution in [0.5, 0.6) is 11.5 Å². The number of pyridine rings is 1. The van der Waals surface area contributed by atoms with Gasteiger partial charge < -0.3 is 24.8 Å². The monoisotopic (exact) mass is 559 g/mol. The van der Waals surface area contributed by atoms with Gasteiger partial charge in [-0.1, -0.05) is 30.3 Å². The molecule has 0 radical (unpaired) electrons. The standard InChI is InChI=1S/C28H35N3O2.C2HF3O2/c1-32-26-19-24-22-11-7-12-23(22)28(29-14-13-21-9-3-2-4-10-21)30-25(24)20-27(26)33-18-8-17-31-15-5-6-16-31;3-2(4,5)1(6)7/h2-4,9-10,19-20H,5-8,11-18H2,1H3,(H,29,30);(H,6,7). The van der Waals surface area contributed by atoms with E-state index in [1.54, 1.807) is 7.11 Å². The van der Waals surface area contributed by atoms with Crippen molar-refractivity contribution >= 4 is 22.7 Å². The molecule has 0 spiro atoms. The zero-order valence-electron chi connectivity index (χ0n) is 22.7. The number of likely N-dealkylation sites (tertiary alicyclic amines) is 1. The van der Waals surface area contributed by atoms with Crippen LogP contribution < -0.4 is 14.8 Å². The minimum absolute atomic E-state index is 0.700. The van der Waals surface area contributed by atoms with Crippen molar-refractivity contribution in [2.24, 2.45) is 0 Å². The summed E-state index contributed by atoms with van der Waals surface area (Å²) in [6.07, 6.45) is 2.97. The van der Waals surface area contributed by atoms with Gasteiger partial charge in [-0.05, 0) is 80.8 Å². The van der Waals surface area contributed by atoms with E-state index in [1.807, 2.05) is 0 Å². The van der Waals surface area contributed by atoms with Crippen molar-refractivity contribution < 1.29 is 32.5 Å². The van der Waals surface area contributed by atoms with E-state index in [9.17, 15) is 13.2 Å². The molecule has 2 aliphatic rings. The number of benzene rings is 2. The second kappa shape index (κ2) is 13.7. The van der Waals surface area contributed by atoms with Crippen LogP contribution >= 0.6 is 0 Å². The Kier molecular flexibility index (Phi) is 10.1. The average molecular weight is 560 g/mol. The van der Waals surface area contributed by atoms with Crippen molar-refractivity contribution in [1.29, 1.82) is 0 Å². The summed E-state index contributed by atoms with van der Waals surface area (Å²) >= 11 is 0. The van der Waals surface area contributed by atoms with Crippen LogP contribution in [0.3, 0.4) is 0 Å². The molecule has 40 heavy (non-hydrogen) atoms. The van der Waals surface area contributed by atoms with Crippen LogP contribution in [0.2, 0.25) is 0 Å². The first-order chi connectivity index (χ1) is 19.3. The molecule has 0 unspecified atom stereocenters. The first-order valence-electron chi connectivity index (χ1n) is 13.7. The van der Waals surface area contributed by atoms with Gasteiger partial charge in [-0.3, -0.25) is 0 Å². The Morgan fingerprint density at radius 1 is 1.05 bits per heavy atom. The number of alkyl halides is 3. The molecule has 1 fully saturated rings. The number of nitrogens with zero attached hydrogens (tertiary/aromatic N) is 2. The summed E-state index contributed by atoms with van der Waals surface area (Å²) in [5.41, 5.74) is 5.13. The van der Waals surface area contributed by atoms with Crippen LogP contribution in [-0.2, 0) is 24.1 Å². The van der Waals surface area contributed by atoms with Gasteiger partial charge in [-0.15, -0.1) is 0 Å². The number of ether oxygens (including phenoxy) is 2. The smallest absolute Gasteiger partial charge is 0.490 e. The predicted octanol–water partition coefficient (Wildman–Crippen LogP) is 5.88. The number of fused-ring (bicyclic) bond motifs is 3. The third-order valence-electron chi connectivity index (χ3n) is 7.21. The van der Waals surface area contributed by atoms with Crippen LogP contribution in [0.15, 0.2) is 42.5 Å². The van der Waals surface area contributed by atoms with Crippen molar-refractivity contribution in [3.63, 3.8) is 0 Å². The Hall–Kier alpha value is -3.53. The molecule has 0 amide bonds. The second-order valence-electron chi connectivity index (χ2n) is 10.0. The molecule has 0 atom stereocenters. The molecule has 2 aromatic carbocycles. The molecular formula is C30H36F3N3O4. The minimum Gasteiger partial charge on any atom is -0.493 e. The number of rotatable bonds is 10. The number of nitrogens with one attached hydrogen (secondary N) is 1. The molecular weight excluding hydrogens is 523 g/mol. The van der Waals surface area contributed by atoms with E-state index < -0.39 is 12.1 Å². The lowest BCUT2D eigenvalue weighted by Gasteiger charge is -2.17. The Morgan fingerprint density at radius 2 is 1.75 bits per heavy atom. The first kappa shape index (κ1) is 29.5. The zero-order chi connectivity index (χ0) is 28.5. The summed E-state index contributed by atoms with van der Waals surface area (Å²) in [6, 6.07) is 14.8. The fourth-order valence-electron chi connectivity index (χ4n) is 5.24. The SMILES string of the molecule is COc1cc2c3c(c(NCCc4ccccc4)nc2cc1OCCCN1CCCC1)CCC3.O=C(O)C(F)(F)F. The molecule has 7 nitrogen and oxygen atoms in total. The molecule has 1 saturated heterocycles.